The Morgan fingerprint density at radius 2 is 2.04 bits per heavy atom. The number of benzene rings is 1. The molecule has 4 aromatic heterocycles. The molecule has 7 nitrogen and oxygen atoms in total. The third-order valence-corrected chi connectivity index (χ3v) is 4.24. The molecule has 5 aromatic rings. The number of H-pyrrole nitrogens is 1. The summed E-state index contributed by atoms with van der Waals surface area (Å²) in [4.78, 5) is 20.2. The molecule has 4 heterocycles. The van der Waals surface area contributed by atoms with Crippen LogP contribution in [0.4, 0.5) is 4.39 Å². The molecular formula is C17H9ClFN7. The van der Waals surface area contributed by atoms with Gasteiger partial charge in [0, 0.05) is 22.8 Å². The predicted octanol–water partition coefficient (Wildman–Crippen LogP) is 3.55. The molecule has 0 bridgehead atoms. The lowest BCUT2D eigenvalue weighted by Crippen LogP contribution is -2.04. The van der Waals surface area contributed by atoms with E-state index in [4.69, 9.17) is 11.6 Å². The zero-order valence-corrected chi connectivity index (χ0v) is 13.8. The van der Waals surface area contributed by atoms with Crippen molar-refractivity contribution >= 4 is 33.7 Å². The number of rotatable bonds is 2. The molecule has 0 spiro atoms. The van der Waals surface area contributed by atoms with Crippen LogP contribution in [0.15, 0.2) is 49.2 Å². The lowest BCUT2D eigenvalue weighted by atomic mass is 10.2. The van der Waals surface area contributed by atoms with Crippen LogP contribution >= 0.6 is 11.6 Å². The van der Waals surface area contributed by atoms with Crippen LogP contribution in [-0.4, -0.2) is 34.7 Å². The molecule has 1 aromatic carbocycles. The third-order valence-electron chi connectivity index (χ3n) is 4.00. The van der Waals surface area contributed by atoms with E-state index in [0.29, 0.717) is 22.0 Å². The summed E-state index contributed by atoms with van der Waals surface area (Å²) in [5.41, 5.74) is 2.01. The SMILES string of the molecule is Fc1ccc(Cl)cc1-c1nc(-n2ncc3cnccc32)c2[nH]cnc2n1. The molecule has 0 amide bonds. The highest BCUT2D eigenvalue weighted by Gasteiger charge is 2.17. The first-order valence-electron chi connectivity index (χ1n) is 7.65. The standard InChI is InChI=1S/C17H9ClFN7/c18-10-1-2-12(19)11(5-10)15-24-16-14(21-8-22-16)17(25-15)26-13-3-4-20-6-9(13)7-23-26/h1-8H,(H,21,22,24,25). The molecule has 0 saturated heterocycles. The van der Waals surface area contributed by atoms with Crippen LogP contribution in [0.3, 0.4) is 0 Å². The highest BCUT2D eigenvalue weighted by atomic mass is 35.5. The van der Waals surface area contributed by atoms with Gasteiger partial charge in [0.1, 0.15) is 11.3 Å². The first-order valence-corrected chi connectivity index (χ1v) is 8.03. The molecule has 0 fully saturated rings. The number of aromatic amines is 1. The molecule has 9 heteroatoms. The lowest BCUT2D eigenvalue weighted by Gasteiger charge is -2.08. The quantitative estimate of drug-likeness (QED) is 0.517. The van der Waals surface area contributed by atoms with Crippen molar-refractivity contribution in [1.82, 2.24) is 34.7 Å². The number of aromatic nitrogens is 7. The minimum Gasteiger partial charge on any atom is -0.340 e. The summed E-state index contributed by atoms with van der Waals surface area (Å²) in [6.45, 7) is 0. The van der Waals surface area contributed by atoms with E-state index in [9.17, 15) is 4.39 Å². The molecule has 0 aliphatic carbocycles. The van der Waals surface area contributed by atoms with Crippen molar-refractivity contribution < 1.29 is 4.39 Å². The molecule has 0 unspecified atom stereocenters. The summed E-state index contributed by atoms with van der Waals surface area (Å²) in [6.07, 6.45) is 6.58. The molecule has 26 heavy (non-hydrogen) atoms. The summed E-state index contributed by atoms with van der Waals surface area (Å²) >= 11 is 6.01. The largest absolute Gasteiger partial charge is 0.340 e. The van der Waals surface area contributed by atoms with E-state index in [-0.39, 0.29) is 11.4 Å². The summed E-state index contributed by atoms with van der Waals surface area (Å²) in [6, 6.07) is 6.07. The van der Waals surface area contributed by atoms with Crippen LogP contribution in [0.1, 0.15) is 0 Å². The van der Waals surface area contributed by atoms with E-state index >= 15 is 0 Å². The van der Waals surface area contributed by atoms with E-state index in [1.807, 2.05) is 6.07 Å². The molecule has 0 radical (unpaired) electrons. The van der Waals surface area contributed by atoms with Crippen molar-refractivity contribution in [3.63, 3.8) is 0 Å². The normalized spacial score (nSPS) is 11.5. The van der Waals surface area contributed by atoms with Gasteiger partial charge in [0.2, 0.25) is 0 Å². The van der Waals surface area contributed by atoms with E-state index in [2.05, 4.69) is 30.0 Å². The van der Waals surface area contributed by atoms with E-state index < -0.39 is 5.82 Å². The fraction of sp³-hybridized carbons (Fsp3) is 0. The molecule has 0 atom stereocenters. The molecule has 0 aliphatic heterocycles. The van der Waals surface area contributed by atoms with E-state index in [1.54, 1.807) is 23.3 Å². The van der Waals surface area contributed by atoms with Gasteiger partial charge >= 0.3 is 0 Å². The Hall–Kier alpha value is -3.39. The smallest absolute Gasteiger partial charge is 0.183 e. The second kappa shape index (κ2) is 5.57. The van der Waals surface area contributed by atoms with Crippen molar-refractivity contribution in [1.29, 1.82) is 0 Å². The van der Waals surface area contributed by atoms with Crippen molar-refractivity contribution in [2.45, 2.75) is 0 Å². The molecular weight excluding hydrogens is 357 g/mol. The minimum absolute atomic E-state index is 0.178. The van der Waals surface area contributed by atoms with Gasteiger partial charge < -0.3 is 4.98 Å². The molecule has 0 aliphatic rings. The van der Waals surface area contributed by atoms with Crippen molar-refractivity contribution in [2.24, 2.45) is 0 Å². The van der Waals surface area contributed by atoms with Gasteiger partial charge in [-0.3, -0.25) is 4.98 Å². The van der Waals surface area contributed by atoms with Gasteiger partial charge in [-0.1, -0.05) is 11.6 Å². The molecule has 126 valence electrons. The minimum atomic E-state index is -0.468. The monoisotopic (exact) mass is 365 g/mol. The van der Waals surface area contributed by atoms with E-state index in [1.165, 1.54) is 24.5 Å². The average molecular weight is 366 g/mol. The highest BCUT2D eigenvalue weighted by Crippen LogP contribution is 2.27. The van der Waals surface area contributed by atoms with Gasteiger partial charge in [-0.25, -0.2) is 24.0 Å². The van der Waals surface area contributed by atoms with Gasteiger partial charge in [-0.15, -0.1) is 0 Å². The predicted molar refractivity (Wildman–Crippen MR) is 94.5 cm³/mol. The summed E-state index contributed by atoms with van der Waals surface area (Å²) < 4.78 is 16.0. The first kappa shape index (κ1) is 14.9. The molecule has 5 rings (SSSR count). The van der Waals surface area contributed by atoms with E-state index in [0.717, 1.165) is 10.9 Å². The Balaban J connectivity index is 1.83. The maximum absolute atomic E-state index is 14.3. The maximum atomic E-state index is 14.3. The fourth-order valence-electron chi connectivity index (χ4n) is 2.80. The Morgan fingerprint density at radius 1 is 1.12 bits per heavy atom. The van der Waals surface area contributed by atoms with Crippen molar-refractivity contribution in [3.05, 3.63) is 60.0 Å². The number of nitrogens with one attached hydrogen (secondary N) is 1. The summed E-state index contributed by atoms with van der Waals surface area (Å²) in [5, 5.41) is 5.64. The average Bonchev–Trinajstić information content (AvgIpc) is 3.29. The highest BCUT2D eigenvalue weighted by molar-refractivity contribution is 6.30. The van der Waals surface area contributed by atoms with Crippen molar-refractivity contribution in [2.75, 3.05) is 0 Å². The van der Waals surface area contributed by atoms with Crippen molar-refractivity contribution in [3.8, 4) is 17.2 Å². The van der Waals surface area contributed by atoms with Crippen LogP contribution in [-0.2, 0) is 0 Å². The fourth-order valence-corrected chi connectivity index (χ4v) is 2.98. The molecule has 1 N–H and O–H groups in total. The number of hydrogen-bond donors (Lipinski definition) is 1. The van der Waals surface area contributed by atoms with Crippen LogP contribution in [0, 0.1) is 5.82 Å². The Labute approximate surface area is 150 Å². The zero-order chi connectivity index (χ0) is 17.7. The summed E-state index contributed by atoms with van der Waals surface area (Å²) in [7, 11) is 0. The third kappa shape index (κ3) is 2.23. The Kier molecular flexibility index (Phi) is 3.19. The zero-order valence-electron chi connectivity index (χ0n) is 13.1. The van der Waals surface area contributed by atoms with Gasteiger partial charge in [0.15, 0.2) is 17.3 Å². The Bertz CT molecular complexity index is 1280. The number of nitrogens with zero attached hydrogens (tertiary/aromatic N) is 6. The van der Waals surface area contributed by atoms with Gasteiger partial charge in [-0.2, -0.15) is 5.10 Å². The second-order valence-electron chi connectivity index (χ2n) is 5.59. The number of halogens is 2. The second-order valence-corrected chi connectivity index (χ2v) is 6.02. The Morgan fingerprint density at radius 3 is 2.96 bits per heavy atom. The van der Waals surface area contributed by atoms with Gasteiger partial charge in [-0.05, 0) is 24.3 Å². The molecule has 0 saturated carbocycles. The van der Waals surface area contributed by atoms with Crippen LogP contribution in [0.2, 0.25) is 5.02 Å². The van der Waals surface area contributed by atoms with Crippen LogP contribution < -0.4 is 0 Å². The van der Waals surface area contributed by atoms with Gasteiger partial charge in [0.25, 0.3) is 0 Å². The maximum Gasteiger partial charge on any atom is 0.183 e. The first-order chi connectivity index (χ1) is 12.7. The lowest BCUT2D eigenvalue weighted by molar-refractivity contribution is 0.630. The summed E-state index contributed by atoms with van der Waals surface area (Å²) in [5.74, 6) is 0.171. The van der Waals surface area contributed by atoms with Gasteiger partial charge in [0.05, 0.1) is 23.6 Å². The topological polar surface area (TPSA) is 85.2 Å². The number of imidazole rings is 1. The number of fused-ring (bicyclic) bond motifs is 2. The van der Waals surface area contributed by atoms with Crippen LogP contribution in [0.5, 0.6) is 0 Å². The number of hydrogen-bond acceptors (Lipinski definition) is 5. The number of pyridine rings is 1. The van der Waals surface area contributed by atoms with Crippen LogP contribution in [0.25, 0.3) is 39.3 Å².